The number of nitrogens with one attached hydrogen (secondary N) is 2. The minimum absolute atomic E-state index is 0.0175. The lowest BCUT2D eigenvalue weighted by Gasteiger charge is -2.36. The summed E-state index contributed by atoms with van der Waals surface area (Å²) in [4.78, 5) is 25.2. The number of rotatable bonds is 13. The van der Waals surface area contributed by atoms with E-state index >= 15 is 0 Å². The number of hydrogen-bond acceptors (Lipinski definition) is 9. The summed E-state index contributed by atoms with van der Waals surface area (Å²) in [5.41, 5.74) is 6.49. The summed E-state index contributed by atoms with van der Waals surface area (Å²) in [5.74, 6) is 0.162. The zero-order chi connectivity index (χ0) is 35.6. The number of thioether (sulfide) groups is 1. The quantitative estimate of drug-likeness (QED) is 0.101. The standard InChI is InChI=1S/C39H41N5O6S/c1-44-25-41-43-39(44)51-24-33-21-35(29-16-14-27(23-45)15-17-29)50-37(49-33)32-13-7-12-31(20-32)30-11-6-10-28(18-30)22-40-38(47)42-34(36(46)48-2)19-26-8-4-3-5-9-26/h3-18,20,25,33-35,37,45H,19,21-24H2,1-2H3,(H2,40,42,47). The number of aryl methyl sites for hydroxylation is 1. The SMILES string of the molecule is COC(=O)C(Cc1ccccc1)NC(=O)NCc1cccc(-c2cccc(C3OC(CSc4nncn4C)CC(c4ccc(CO)cc4)O3)c2)c1. The highest BCUT2D eigenvalue weighted by Gasteiger charge is 2.33. The predicted octanol–water partition coefficient (Wildman–Crippen LogP) is 5.90. The molecule has 0 saturated carbocycles. The van der Waals surface area contributed by atoms with Gasteiger partial charge in [-0.3, -0.25) is 0 Å². The van der Waals surface area contributed by atoms with E-state index in [0.29, 0.717) is 18.6 Å². The van der Waals surface area contributed by atoms with Gasteiger partial charge in [0, 0.05) is 37.8 Å². The summed E-state index contributed by atoms with van der Waals surface area (Å²) < 4.78 is 19.9. The van der Waals surface area contributed by atoms with E-state index in [2.05, 4.69) is 26.9 Å². The van der Waals surface area contributed by atoms with Gasteiger partial charge < -0.3 is 34.5 Å². The van der Waals surface area contributed by atoms with Gasteiger partial charge in [0.25, 0.3) is 0 Å². The molecule has 1 aliphatic rings. The van der Waals surface area contributed by atoms with Crippen molar-refractivity contribution < 1.29 is 28.9 Å². The number of urea groups is 1. The number of carbonyl (C=O) groups excluding carboxylic acids is 2. The first-order valence-electron chi connectivity index (χ1n) is 16.7. The topological polar surface area (TPSA) is 137 Å². The highest BCUT2D eigenvalue weighted by Crippen LogP contribution is 2.40. The first-order valence-corrected chi connectivity index (χ1v) is 17.7. The average Bonchev–Trinajstić information content (AvgIpc) is 3.60. The van der Waals surface area contributed by atoms with Crippen molar-refractivity contribution in [3.8, 4) is 11.1 Å². The van der Waals surface area contributed by atoms with Gasteiger partial charge in [-0.25, -0.2) is 9.59 Å². The molecule has 6 rings (SSSR count). The number of aromatic nitrogens is 3. The molecule has 51 heavy (non-hydrogen) atoms. The van der Waals surface area contributed by atoms with Crippen molar-refractivity contribution in [3.63, 3.8) is 0 Å². The molecule has 0 bridgehead atoms. The summed E-state index contributed by atoms with van der Waals surface area (Å²) in [7, 11) is 3.22. The van der Waals surface area contributed by atoms with Crippen molar-refractivity contribution in [2.24, 2.45) is 7.05 Å². The molecule has 264 valence electrons. The molecule has 12 heteroatoms. The molecular weight excluding hydrogens is 667 g/mol. The number of aliphatic hydroxyl groups excluding tert-OH is 1. The number of esters is 1. The van der Waals surface area contributed by atoms with Gasteiger partial charge in [-0.1, -0.05) is 103 Å². The summed E-state index contributed by atoms with van der Waals surface area (Å²) in [6.45, 7) is 0.242. The predicted molar refractivity (Wildman–Crippen MR) is 193 cm³/mol. The molecule has 11 nitrogen and oxygen atoms in total. The van der Waals surface area contributed by atoms with Gasteiger partial charge in [-0.15, -0.1) is 10.2 Å². The first kappa shape index (κ1) is 35.8. The molecule has 0 spiro atoms. The minimum Gasteiger partial charge on any atom is -0.467 e. The molecule has 2 amide bonds. The Morgan fingerprint density at radius 2 is 1.67 bits per heavy atom. The maximum absolute atomic E-state index is 12.9. The summed E-state index contributed by atoms with van der Waals surface area (Å²) in [5, 5.41) is 24.2. The van der Waals surface area contributed by atoms with Crippen LogP contribution < -0.4 is 10.6 Å². The fourth-order valence-corrected chi connectivity index (χ4v) is 6.80. The van der Waals surface area contributed by atoms with Crippen LogP contribution in [0.4, 0.5) is 4.79 Å². The Morgan fingerprint density at radius 1 is 0.922 bits per heavy atom. The van der Waals surface area contributed by atoms with E-state index in [9.17, 15) is 14.7 Å². The third-order valence-electron chi connectivity index (χ3n) is 8.63. The van der Waals surface area contributed by atoms with Crippen LogP contribution in [0.1, 0.15) is 46.6 Å². The maximum Gasteiger partial charge on any atom is 0.328 e. The minimum atomic E-state index is -0.819. The fourth-order valence-electron chi connectivity index (χ4n) is 5.90. The van der Waals surface area contributed by atoms with E-state index < -0.39 is 24.3 Å². The number of aliphatic hydroxyl groups is 1. The second-order valence-corrected chi connectivity index (χ2v) is 13.3. The lowest BCUT2D eigenvalue weighted by atomic mass is 9.99. The number of methoxy groups -OCH3 is 1. The Balaban J connectivity index is 1.14. The number of carbonyl (C=O) groups is 2. The number of amides is 2. The molecule has 1 saturated heterocycles. The second-order valence-electron chi connectivity index (χ2n) is 12.3. The van der Waals surface area contributed by atoms with E-state index in [1.807, 2.05) is 109 Å². The molecular formula is C39H41N5O6S. The van der Waals surface area contributed by atoms with Crippen molar-refractivity contribution in [1.82, 2.24) is 25.4 Å². The van der Waals surface area contributed by atoms with Crippen LogP contribution in [0.3, 0.4) is 0 Å². The Hall–Kier alpha value is -5.01. The molecule has 5 aromatic rings. The van der Waals surface area contributed by atoms with Crippen LogP contribution >= 0.6 is 11.8 Å². The van der Waals surface area contributed by atoms with Crippen molar-refractivity contribution in [3.05, 3.63) is 137 Å². The summed E-state index contributed by atoms with van der Waals surface area (Å²) in [6.07, 6.45) is 1.72. The molecule has 2 heterocycles. The van der Waals surface area contributed by atoms with Crippen LogP contribution in [0.15, 0.2) is 115 Å². The first-order chi connectivity index (χ1) is 24.9. The lowest BCUT2D eigenvalue weighted by molar-refractivity contribution is -0.245. The number of benzene rings is 4. The zero-order valence-corrected chi connectivity index (χ0v) is 29.3. The summed E-state index contributed by atoms with van der Waals surface area (Å²) in [6, 6.07) is 32.0. The third-order valence-corrected chi connectivity index (χ3v) is 9.80. The molecule has 0 radical (unpaired) electrons. The van der Waals surface area contributed by atoms with Crippen LogP contribution in [0.2, 0.25) is 0 Å². The second kappa shape index (κ2) is 17.3. The Bertz CT molecular complexity index is 1900. The van der Waals surface area contributed by atoms with E-state index in [1.165, 1.54) is 7.11 Å². The van der Waals surface area contributed by atoms with Crippen molar-refractivity contribution >= 4 is 23.8 Å². The van der Waals surface area contributed by atoms with E-state index in [0.717, 1.165) is 44.1 Å². The molecule has 1 fully saturated rings. The van der Waals surface area contributed by atoms with Crippen molar-refractivity contribution in [2.75, 3.05) is 12.9 Å². The van der Waals surface area contributed by atoms with Crippen LogP contribution in [0.25, 0.3) is 11.1 Å². The van der Waals surface area contributed by atoms with E-state index in [1.54, 1.807) is 18.1 Å². The number of nitrogens with zero attached hydrogens (tertiary/aromatic N) is 3. The highest BCUT2D eigenvalue weighted by molar-refractivity contribution is 7.99. The van der Waals surface area contributed by atoms with Gasteiger partial charge in [-0.2, -0.15) is 0 Å². The van der Waals surface area contributed by atoms with Gasteiger partial charge in [-0.05, 0) is 45.5 Å². The van der Waals surface area contributed by atoms with E-state index in [4.69, 9.17) is 14.2 Å². The van der Waals surface area contributed by atoms with Gasteiger partial charge in [0.1, 0.15) is 12.4 Å². The lowest BCUT2D eigenvalue weighted by Crippen LogP contribution is -2.47. The van der Waals surface area contributed by atoms with Gasteiger partial charge in [0.15, 0.2) is 11.4 Å². The monoisotopic (exact) mass is 707 g/mol. The zero-order valence-electron chi connectivity index (χ0n) is 28.5. The van der Waals surface area contributed by atoms with Gasteiger partial charge in [0.2, 0.25) is 0 Å². The Morgan fingerprint density at radius 3 is 2.39 bits per heavy atom. The Kier molecular flexibility index (Phi) is 12.1. The third kappa shape index (κ3) is 9.62. The molecule has 4 atom stereocenters. The van der Waals surface area contributed by atoms with Crippen LogP contribution in [0.5, 0.6) is 0 Å². The van der Waals surface area contributed by atoms with Gasteiger partial charge in [0.05, 0.1) is 25.9 Å². The molecule has 0 aliphatic carbocycles. The smallest absolute Gasteiger partial charge is 0.328 e. The normalized spacial score (nSPS) is 17.7. The molecule has 3 N–H and O–H groups in total. The van der Waals surface area contributed by atoms with Gasteiger partial charge >= 0.3 is 12.0 Å². The molecule has 1 aliphatic heterocycles. The van der Waals surface area contributed by atoms with Crippen molar-refractivity contribution in [1.29, 1.82) is 0 Å². The largest absolute Gasteiger partial charge is 0.467 e. The van der Waals surface area contributed by atoms with Crippen LogP contribution in [-0.4, -0.2) is 56.9 Å². The molecule has 1 aromatic heterocycles. The number of hydrogen-bond donors (Lipinski definition) is 3. The van der Waals surface area contributed by atoms with Crippen molar-refractivity contribution in [2.45, 2.75) is 55.7 Å². The maximum atomic E-state index is 12.9. The number of ether oxygens (including phenoxy) is 3. The highest BCUT2D eigenvalue weighted by atomic mass is 32.2. The van der Waals surface area contributed by atoms with Crippen LogP contribution in [-0.2, 0) is 45.6 Å². The molecule has 4 aromatic carbocycles. The average molecular weight is 708 g/mol. The summed E-state index contributed by atoms with van der Waals surface area (Å²) >= 11 is 1.59. The Labute approximate surface area is 301 Å². The van der Waals surface area contributed by atoms with Crippen LogP contribution in [0, 0.1) is 0 Å². The van der Waals surface area contributed by atoms with E-state index in [-0.39, 0.29) is 25.4 Å². The molecule has 4 unspecified atom stereocenters. The fraction of sp³-hybridized carbons (Fsp3) is 0.282.